The van der Waals surface area contributed by atoms with E-state index in [1.54, 1.807) is 49.4 Å². The fraction of sp³-hybridized carbons (Fsp3) is 0.211. The molecule has 3 aromatic rings. The molecule has 0 radical (unpaired) electrons. The summed E-state index contributed by atoms with van der Waals surface area (Å²) in [6, 6.07) is 11.2. The van der Waals surface area contributed by atoms with Crippen molar-refractivity contribution in [3.8, 4) is 5.69 Å². The second kappa shape index (κ2) is 7.77. The summed E-state index contributed by atoms with van der Waals surface area (Å²) in [6.45, 7) is 4.09. The zero-order valence-corrected chi connectivity index (χ0v) is 15.7. The molecule has 0 bridgehead atoms. The molecule has 1 atom stereocenters. The van der Waals surface area contributed by atoms with Gasteiger partial charge in [-0.25, -0.2) is 9.78 Å². The minimum Gasteiger partial charge on any atom is -0.338 e. The number of hydrogen-bond donors (Lipinski definition) is 3. The molecular weight excluding hydrogens is 366 g/mol. The SMILES string of the molecule is CCNC(=O)Nc1cccc(-n2c(C(C)N)nc3cccc(Cl)c3c2=O)c1. The van der Waals surface area contributed by atoms with E-state index in [0.717, 1.165) is 0 Å². The maximum absolute atomic E-state index is 13.2. The Kier molecular flexibility index (Phi) is 5.43. The first-order valence-corrected chi connectivity index (χ1v) is 8.92. The van der Waals surface area contributed by atoms with E-state index < -0.39 is 6.04 Å². The van der Waals surface area contributed by atoms with E-state index in [0.29, 0.717) is 39.7 Å². The third-order valence-corrected chi connectivity index (χ3v) is 4.29. The van der Waals surface area contributed by atoms with Crippen LogP contribution in [0.2, 0.25) is 5.02 Å². The lowest BCUT2D eigenvalue weighted by molar-refractivity contribution is 0.252. The number of halogens is 1. The van der Waals surface area contributed by atoms with E-state index in [2.05, 4.69) is 15.6 Å². The molecule has 0 aliphatic heterocycles. The highest BCUT2D eigenvalue weighted by Gasteiger charge is 2.17. The first-order chi connectivity index (χ1) is 12.9. The Morgan fingerprint density at radius 2 is 2.04 bits per heavy atom. The monoisotopic (exact) mass is 385 g/mol. The second-order valence-electron chi connectivity index (χ2n) is 6.07. The van der Waals surface area contributed by atoms with Crippen LogP contribution in [0, 0.1) is 0 Å². The van der Waals surface area contributed by atoms with E-state index in [9.17, 15) is 9.59 Å². The number of anilines is 1. The zero-order chi connectivity index (χ0) is 19.6. The number of carbonyl (C=O) groups excluding carboxylic acids is 1. The van der Waals surface area contributed by atoms with Crippen LogP contribution in [0.5, 0.6) is 0 Å². The number of aromatic nitrogens is 2. The molecule has 7 nitrogen and oxygen atoms in total. The molecule has 2 amide bonds. The molecule has 3 rings (SSSR count). The van der Waals surface area contributed by atoms with E-state index in [4.69, 9.17) is 17.3 Å². The van der Waals surface area contributed by atoms with Gasteiger partial charge in [0.2, 0.25) is 0 Å². The van der Waals surface area contributed by atoms with E-state index >= 15 is 0 Å². The van der Waals surface area contributed by atoms with Gasteiger partial charge in [0.05, 0.1) is 27.7 Å². The number of carbonyl (C=O) groups is 1. The molecule has 1 aromatic heterocycles. The van der Waals surface area contributed by atoms with Crippen LogP contribution in [-0.2, 0) is 0 Å². The van der Waals surface area contributed by atoms with Crippen molar-refractivity contribution in [3.05, 3.63) is 63.7 Å². The van der Waals surface area contributed by atoms with Crippen LogP contribution in [0.3, 0.4) is 0 Å². The first-order valence-electron chi connectivity index (χ1n) is 8.54. The van der Waals surface area contributed by atoms with Gasteiger partial charge in [0, 0.05) is 12.2 Å². The molecule has 0 spiro atoms. The maximum atomic E-state index is 13.2. The molecule has 0 aliphatic rings. The summed E-state index contributed by atoms with van der Waals surface area (Å²) >= 11 is 6.24. The average molecular weight is 386 g/mol. The van der Waals surface area contributed by atoms with Crippen LogP contribution in [0.1, 0.15) is 25.7 Å². The van der Waals surface area contributed by atoms with Gasteiger partial charge in [0.15, 0.2) is 0 Å². The third-order valence-electron chi connectivity index (χ3n) is 3.98. The summed E-state index contributed by atoms with van der Waals surface area (Å²) in [5.74, 6) is 0.407. The Bertz CT molecular complexity index is 1060. The maximum Gasteiger partial charge on any atom is 0.319 e. The predicted octanol–water partition coefficient (Wildman–Crippen LogP) is 3.20. The van der Waals surface area contributed by atoms with Crippen molar-refractivity contribution in [1.82, 2.24) is 14.9 Å². The minimum absolute atomic E-state index is 0.312. The van der Waals surface area contributed by atoms with Gasteiger partial charge in [-0.3, -0.25) is 9.36 Å². The standard InChI is InChI=1S/C19H20ClN5O2/c1-3-22-19(27)23-12-6-4-7-13(10-12)25-17(11(2)21)24-15-9-5-8-14(20)16(15)18(25)26/h4-11H,3,21H2,1-2H3,(H2,22,23,27). The summed E-state index contributed by atoms with van der Waals surface area (Å²) in [5, 5.41) is 6.03. The topological polar surface area (TPSA) is 102 Å². The highest BCUT2D eigenvalue weighted by Crippen LogP contribution is 2.23. The molecule has 0 aliphatic carbocycles. The average Bonchev–Trinajstić information content (AvgIpc) is 2.61. The number of nitrogens with zero attached hydrogens (tertiary/aromatic N) is 2. The Morgan fingerprint density at radius 3 is 2.74 bits per heavy atom. The van der Waals surface area contributed by atoms with Gasteiger partial charge in [-0.05, 0) is 44.2 Å². The number of hydrogen-bond acceptors (Lipinski definition) is 4. The molecule has 2 aromatic carbocycles. The van der Waals surface area contributed by atoms with Crippen molar-refractivity contribution in [2.75, 3.05) is 11.9 Å². The van der Waals surface area contributed by atoms with Crippen molar-refractivity contribution < 1.29 is 4.79 Å². The van der Waals surface area contributed by atoms with Gasteiger partial charge in [-0.15, -0.1) is 0 Å². The number of fused-ring (bicyclic) bond motifs is 1. The lowest BCUT2D eigenvalue weighted by Gasteiger charge is -2.17. The van der Waals surface area contributed by atoms with Crippen molar-refractivity contribution >= 4 is 34.2 Å². The Labute approximate surface area is 161 Å². The highest BCUT2D eigenvalue weighted by molar-refractivity contribution is 6.35. The fourth-order valence-corrected chi connectivity index (χ4v) is 3.07. The minimum atomic E-state index is -0.485. The van der Waals surface area contributed by atoms with Crippen LogP contribution >= 0.6 is 11.6 Å². The largest absolute Gasteiger partial charge is 0.338 e. The van der Waals surface area contributed by atoms with E-state index in [-0.39, 0.29) is 11.6 Å². The molecule has 140 valence electrons. The van der Waals surface area contributed by atoms with Crippen molar-refractivity contribution in [3.63, 3.8) is 0 Å². The lowest BCUT2D eigenvalue weighted by atomic mass is 10.2. The number of amides is 2. The molecule has 0 saturated heterocycles. The van der Waals surface area contributed by atoms with E-state index in [1.807, 2.05) is 6.92 Å². The van der Waals surface area contributed by atoms with Crippen LogP contribution in [0.25, 0.3) is 16.6 Å². The molecule has 0 fully saturated rings. The summed E-state index contributed by atoms with van der Waals surface area (Å²) in [4.78, 5) is 29.5. The van der Waals surface area contributed by atoms with Gasteiger partial charge < -0.3 is 16.4 Å². The molecular formula is C19H20ClN5O2. The van der Waals surface area contributed by atoms with Crippen LogP contribution in [0.15, 0.2) is 47.3 Å². The van der Waals surface area contributed by atoms with Gasteiger partial charge >= 0.3 is 6.03 Å². The summed E-state index contributed by atoms with van der Waals surface area (Å²) in [7, 11) is 0. The molecule has 1 unspecified atom stereocenters. The summed E-state index contributed by atoms with van der Waals surface area (Å²) < 4.78 is 1.43. The molecule has 8 heteroatoms. The fourth-order valence-electron chi connectivity index (χ4n) is 2.82. The molecule has 4 N–H and O–H groups in total. The van der Waals surface area contributed by atoms with E-state index in [1.165, 1.54) is 4.57 Å². The number of urea groups is 1. The van der Waals surface area contributed by atoms with Gasteiger partial charge in [0.1, 0.15) is 5.82 Å². The molecule has 0 saturated carbocycles. The lowest BCUT2D eigenvalue weighted by Crippen LogP contribution is -2.29. The van der Waals surface area contributed by atoms with Gasteiger partial charge in [-0.2, -0.15) is 0 Å². The van der Waals surface area contributed by atoms with Crippen LogP contribution in [-0.4, -0.2) is 22.1 Å². The van der Waals surface area contributed by atoms with Gasteiger partial charge in [-0.1, -0.05) is 23.7 Å². The van der Waals surface area contributed by atoms with Crippen molar-refractivity contribution in [2.24, 2.45) is 5.73 Å². The number of nitrogens with two attached hydrogens (primary N) is 1. The summed E-state index contributed by atoms with van der Waals surface area (Å²) in [5.41, 5.74) is 7.33. The van der Waals surface area contributed by atoms with Gasteiger partial charge in [0.25, 0.3) is 5.56 Å². The number of nitrogens with one attached hydrogen (secondary N) is 2. The smallest absolute Gasteiger partial charge is 0.319 e. The number of benzene rings is 2. The van der Waals surface area contributed by atoms with Crippen molar-refractivity contribution in [1.29, 1.82) is 0 Å². The van der Waals surface area contributed by atoms with Crippen LogP contribution in [0.4, 0.5) is 10.5 Å². The first kappa shape index (κ1) is 18.9. The summed E-state index contributed by atoms with van der Waals surface area (Å²) in [6.07, 6.45) is 0. The Balaban J connectivity index is 2.20. The van der Waals surface area contributed by atoms with Crippen molar-refractivity contribution in [2.45, 2.75) is 19.9 Å². The third kappa shape index (κ3) is 3.79. The Hall–Kier alpha value is -2.90. The Morgan fingerprint density at radius 1 is 1.30 bits per heavy atom. The quantitative estimate of drug-likeness (QED) is 0.641. The predicted molar refractivity (Wildman–Crippen MR) is 108 cm³/mol. The van der Waals surface area contributed by atoms with Crippen LogP contribution < -0.4 is 21.9 Å². The number of rotatable bonds is 4. The second-order valence-corrected chi connectivity index (χ2v) is 6.48. The normalized spacial score (nSPS) is 12.0. The molecule has 27 heavy (non-hydrogen) atoms. The highest BCUT2D eigenvalue weighted by atomic mass is 35.5. The zero-order valence-electron chi connectivity index (χ0n) is 15.0. The molecule has 1 heterocycles.